The number of hydrogen-bond donors (Lipinski definition) is 3. The van der Waals surface area contributed by atoms with Crippen molar-refractivity contribution in [3.63, 3.8) is 0 Å². The minimum absolute atomic E-state index is 0.0601. The summed E-state index contributed by atoms with van der Waals surface area (Å²) in [5, 5.41) is 14.7. The van der Waals surface area contributed by atoms with Gasteiger partial charge in [0, 0.05) is 11.8 Å². The Morgan fingerprint density at radius 3 is 2.54 bits per heavy atom. The van der Waals surface area contributed by atoms with E-state index in [2.05, 4.69) is 10.6 Å². The summed E-state index contributed by atoms with van der Waals surface area (Å²) in [6.45, 7) is 3.57. The number of para-hydroxylation sites is 1. The van der Waals surface area contributed by atoms with E-state index in [1.165, 1.54) is 0 Å². The van der Waals surface area contributed by atoms with Crippen LogP contribution < -0.4 is 10.6 Å². The number of carbonyl (C=O) groups excluding carboxylic acids is 3. The first-order valence-corrected chi connectivity index (χ1v) is 8.83. The Morgan fingerprint density at radius 1 is 1.07 bits per heavy atom. The summed E-state index contributed by atoms with van der Waals surface area (Å²) in [5.74, 6) is -1.38. The second kappa shape index (κ2) is 8.06. The van der Waals surface area contributed by atoms with Gasteiger partial charge in [-0.1, -0.05) is 18.2 Å². The van der Waals surface area contributed by atoms with Gasteiger partial charge in [-0.05, 0) is 49.2 Å². The molecule has 0 fully saturated rings. The summed E-state index contributed by atoms with van der Waals surface area (Å²) in [5.41, 5.74) is 3.66. The quantitative estimate of drug-likeness (QED) is 0.669. The average molecular weight is 379 g/mol. The van der Waals surface area contributed by atoms with Crippen molar-refractivity contribution in [1.82, 2.24) is 4.90 Å². The Hall–Kier alpha value is -3.45. The van der Waals surface area contributed by atoms with E-state index in [1.54, 1.807) is 24.3 Å². The first-order valence-electron chi connectivity index (χ1n) is 8.83. The van der Waals surface area contributed by atoms with E-state index in [0.717, 1.165) is 22.1 Å². The zero-order valence-electron chi connectivity index (χ0n) is 15.7. The number of aliphatic hydroxyl groups is 1. The van der Waals surface area contributed by atoms with Crippen LogP contribution in [0.15, 0.2) is 54.2 Å². The Labute approximate surface area is 162 Å². The van der Waals surface area contributed by atoms with Gasteiger partial charge >= 0.3 is 0 Å². The number of aryl methyl sites for hydroxylation is 2. The van der Waals surface area contributed by atoms with Gasteiger partial charge in [0.25, 0.3) is 17.7 Å². The number of hydrogen-bond acceptors (Lipinski definition) is 5. The van der Waals surface area contributed by atoms with Crippen LogP contribution in [0.3, 0.4) is 0 Å². The molecule has 7 heteroatoms. The second-order valence-corrected chi connectivity index (χ2v) is 6.50. The van der Waals surface area contributed by atoms with Crippen molar-refractivity contribution in [2.45, 2.75) is 13.8 Å². The second-order valence-electron chi connectivity index (χ2n) is 6.50. The molecule has 1 heterocycles. The molecule has 1 aliphatic heterocycles. The molecule has 144 valence electrons. The van der Waals surface area contributed by atoms with Crippen LogP contribution in [-0.2, 0) is 9.59 Å². The van der Waals surface area contributed by atoms with E-state index < -0.39 is 11.8 Å². The van der Waals surface area contributed by atoms with Crippen molar-refractivity contribution in [3.05, 3.63) is 70.9 Å². The summed E-state index contributed by atoms with van der Waals surface area (Å²) in [4.78, 5) is 37.9. The van der Waals surface area contributed by atoms with Crippen molar-refractivity contribution in [3.8, 4) is 0 Å². The molecule has 0 aromatic heterocycles. The molecule has 0 unspecified atom stereocenters. The van der Waals surface area contributed by atoms with Crippen molar-refractivity contribution >= 4 is 29.1 Å². The topological polar surface area (TPSA) is 98.7 Å². The van der Waals surface area contributed by atoms with Gasteiger partial charge in [0.2, 0.25) is 0 Å². The number of anilines is 2. The minimum Gasteiger partial charge on any atom is -0.395 e. The molecule has 2 aromatic carbocycles. The number of imide groups is 1. The van der Waals surface area contributed by atoms with Gasteiger partial charge in [-0.15, -0.1) is 0 Å². The number of benzene rings is 2. The molecule has 3 amide bonds. The molecule has 0 atom stereocenters. The summed E-state index contributed by atoms with van der Waals surface area (Å²) in [7, 11) is 0. The Morgan fingerprint density at radius 2 is 1.82 bits per heavy atom. The first kappa shape index (κ1) is 19.3. The summed E-state index contributed by atoms with van der Waals surface area (Å²) in [6, 6.07) is 12.4. The molecule has 0 spiro atoms. The lowest BCUT2D eigenvalue weighted by Gasteiger charge is -2.15. The maximum Gasteiger partial charge on any atom is 0.277 e. The molecule has 1 aliphatic rings. The predicted octanol–water partition coefficient (Wildman–Crippen LogP) is 2.21. The molecule has 0 radical (unpaired) electrons. The van der Waals surface area contributed by atoms with Gasteiger partial charge in [0.1, 0.15) is 5.70 Å². The van der Waals surface area contributed by atoms with Crippen LogP contribution in [0.2, 0.25) is 0 Å². The fourth-order valence-corrected chi connectivity index (χ4v) is 2.86. The highest BCUT2D eigenvalue weighted by molar-refractivity contribution is 6.18. The van der Waals surface area contributed by atoms with Crippen molar-refractivity contribution in [2.75, 3.05) is 23.8 Å². The third-order valence-corrected chi connectivity index (χ3v) is 4.54. The lowest BCUT2D eigenvalue weighted by atomic mass is 10.1. The number of nitrogens with zero attached hydrogens (tertiary/aromatic N) is 1. The monoisotopic (exact) mass is 379 g/mol. The molecule has 0 saturated heterocycles. The van der Waals surface area contributed by atoms with Gasteiger partial charge in [-0.3, -0.25) is 19.3 Å². The van der Waals surface area contributed by atoms with Gasteiger partial charge in [-0.2, -0.15) is 0 Å². The number of nitrogens with one attached hydrogen (secondary N) is 2. The highest BCUT2D eigenvalue weighted by Crippen LogP contribution is 2.22. The molecular weight excluding hydrogens is 358 g/mol. The highest BCUT2D eigenvalue weighted by atomic mass is 16.3. The van der Waals surface area contributed by atoms with E-state index >= 15 is 0 Å². The average Bonchev–Trinajstić information content (AvgIpc) is 2.93. The van der Waals surface area contributed by atoms with Crippen molar-refractivity contribution < 1.29 is 19.5 Å². The standard InChI is InChI=1S/C21H21N3O4/c1-13-7-8-15(11-14(13)2)22-20(27)16-5-3-4-6-17(16)23-18-12-19(26)24(9-10-25)21(18)28/h3-8,11-12,23,25H,9-10H2,1-2H3,(H,22,27). The van der Waals surface area contributed by atoms with Crippen molar-refractivity contribution in [2.24, 2.45) is 0 Å². The normalized spacial score (nSPS) is 13.5. The van der Waals surface area contributed by atoms with E-state index in [0.29, 0.717) is 16.9 Å². The molecular formula is C21H21N3O4. The summed E-state index contributed by atoms with van der Waals surface area (Å²) in [6.07, 6.45) is 1.16. The first-order chi connectivity index (χ1) is 13.4. The maximum absolute atomic E-state index is 12.8. The van der Waals surface area contributed by atoms with Gasteiger partial charge in [0.05, 0.1) is 24.4 Å². The predicted molar refractivity (Wildman–Crippen MR) is 106 cm³/mol. The minimum atomic E-state index is -0.538. The molecule has 0 saturated carbocycles. The molecule has 2 aromatic rings. The summed E-state index contributed by atoms with van der Waals surface area (Å²) < 4.78 is 0. The fourth-order valence-electron chi connectivity index (χ4n) is 2.86. The van der Waals surface area contributed by atoms with Gasteiger partial charge in [0.15, 0.2) is 0 Å². The van der Waals surface area contributed by atoms with Gasteiger partial charge in [-0.25, -0.2) is 0 Å². The van der Waals surface area contributed by atoms with E-state index in [9.17, 15) is 14.4 Å². The lowest BCUT2D eigenvalue weighted by molar-refractivity contribution is -0.137. The molecule has 28 heavy (non-hydrogen) atoms. The number of carbonyl (C=O) groups is 3. The van der Waals surface area contributed by atoms with Crippen LogP contribution in [0.25, 0.3) is 0 Å². The Kier molecular flexibility index (Phi) is 5.56. The van der Waals surface area contributed by atoms with Crippen molar-refractivity contribution in [1.29, 1.82) is 0 Å². The molecule has 0 aliphatic carbocycles. The smallest absolute Gasteiger partial charge is 0.277 e. The number of β-amino-alcohol motifs (C(OH)–C–C–N with tert-alkyl or cyclic N) is 1. The molecule has 3 N–H and O–H groups in total. The Bertz CT molecular complexity index is 981. The highest BCUT2D eigenvalue weighted by Gasteiger charge is 2.31. The zero-order valence-corrected chi connectivity index (χ0v) is 15.7. The van der Waals surface area contributed by atoms with Crippen LogP contribution in [0.4, 0.5) is 11.4 Å². The maximum atomic E-state index is 12.8. The number of aliphatic hydroxyl groups excluding tert-OH is 1. The number of amides is 3. The van der Waals surface area contributed by atoms with Crippen LogP contribution in [0.1, 0.15) is 21.5 Å². The largest absolute Gasteiger partial charge is 0.395 e. The van der Waals surface area contributed by atoms with E-state index in [4.69, 9.17) is 5.11 Å². The van der Waals surface area contributed by atoms with Crippen LogP contribution in [0, 0.1) is 13.8 Å². The van der Waals surface area contributed by atoms with Crippen LogP contribution in [0.5, 0.6) is 0 Å². The molecule has 3 rings (SSSR count). The third-order valence-electron chi connectivity index (χ3n) is 4.54. The summed E-state index contributed by atoms with van der Waals surface area (Å²) >= 11 is 0. The molecule has 0 bridgehead atoms. The molecule has 7 nitrogen and oxygen atoms in total. The van der Waals surface area contributed by atoms with E-state index in [-0.39, 0.29) is 24.8 Å². The third kappa shape index (κ3) is 3.94. The zero-order chi connectivity index (χ0) is 20.3. The Balaban J connectivity index is 1.80. The van der Waals surface area contributed by atoms with Gasteiger partial charge < -0.3 is 15.7 Å². The van der Waals surface area contributed by atoms with Crippen LogP contribution in [-0.4, -0.2) is 40.9 Å². The lowest BCUT2D eigenvalue weighted by Crippen LogP contribution is -2.34. The SMILES string of the molecule is Cc1ccc(NC(=O)c2ccccc2NC2=CC(=O)N(CCO)C2=O)cc1C. The number of rotatable bonds is 6. The van der Waals surface area contributed by atoms with E-state index in [1.807, 2.05) is 32.0 Å². The fraction of sp³-hybridized carbons (Fsp3) is 0.190. The van der Waals surface area contributed by atoms with Crippen LogP contribution >= 0.6 is 0 Å².